The highest BCUT2D eigenvalue weighted by molar-refractivity contribution is 5.60. The van der Waals surface area contributed by atoms with E-state index >= 15 is 0 Å². The van der Waals surface area contributed by atoms with E-state index in [-0.39, 0.29) is 0 Å². The van der Waals surface area contributed by atoms with Crippen molar-refractivity contribution in [1.29, 1.82) is 0 Å². The van der Waals surface area contributed by atoms with Crippen molar-refractivity contribution in [3.05, 3.63) is 84.5 Å². The lowest BCUT2D eigenvalue weighted by Crippen LogP contribution is -1.99. The third-order valence-electron chi connectivity index (χ3n) is 3.03. The van der Waals surface area contributed by atoms with Crippen LogP contribution in [0.4, 0.5) is 0 Å². The van der Waals surface area contributed by atoms with Gasteiger partial charge in [-0.25, -0.2) is 0 Å². The molecule has 0 radical (unpaired) electrons. The standard InChI is InChI=1S/C17H15N/c1-3-8-15(9-4-1)14-18-13-7-12-17(18)16-10-5-2-6-11-16/h1-13H,14H2/i7D. The van der Waals surface area contributed by atoms with E-state index in [1.165, 1.54) is 5.56 Å². The van der Waals surface area contributed by atoms with Gasteiger partial charge in [0.25, 0.3) is 0 Å². The fourth-order valence-corrected chi connectivity index (χ4v) is 2.13. The first-order chi connectivity index (χ1) is 9.33. The Balaban J connectivity index is 1.99. The molecule has 3 rings (SSSR count). The molecular weight excluding hydrogens is 218 g/mol. The molecule has 0 aliphatic rings. The molecule has 0 aliphatic carbocycles. The second kappa shape index (κ2) is 4.92. The van der Waals surface area contributed by atoms with Crippen molar-refractivity contribution in [1.82, 2.24) is 4.57 Å². The van der Waals surface area contributed by atoms with Crippen LogP contribution < -0.4 is 0 Å². The maximum Gasteiger partial charge on any atom is 0.0639 e. The second-order valence-electron chi connectivity index (χ2n) is 4.30. The van der Waals surface area contributed by atoms with Crippen LogP contribution in [-0.2, 0) is 6.54 Å². The summed E-state index contributed by atoms with van der Waals surface area (Å²) in [5.74, 6) is 0. The molecule has 2 aromatic carbocycles. The van der Waals surface area contributed by atoms with Crippen molar-refractivity contribution in [3.8, 4) is 11.3 Å². The number of nitrogens with zero attached hydrogens (tertiary/aromatic N) is 1. The van der Waals surface area contributed by atoms with E-state index < -0.39 is 0 Å². The molecule has 1 nitrogen and oxygen atoms in total. The van der Waals surface area contributed by atoms with Gasteiger partial charge in [0.2, 0.25) is 0 Å². The Morgan fingerprint density at radius 3 is 2.22 bits per heavy atom. The molecule has 18 heavy (non-hydrogen) atoms. The number of aromatic nitrogens is 1. The van der Waals surface area contributed by atoms with Gasteiger partial charge in [-0.2, -0.15) is 0 Å². The predicted octanol–water partition coefficient (Wildman–Crippen LogP) is 4.20. The molecule has 0 N–H and O–H groups in total. The maximum atomic E-state index is 7.85. The Morgan fingerprint density at radius 2 is 1.50 bits per heavy atom. The van der Waals surface area contributed by atoms with Crippen LogP contribution >= 0.6 is 0 Å². The first-order valence-electron chi connectivity index (χ1n) is 6.59. The highest BCUT2D eigenvalue weighted by Crippen LogP contribution is 2.20. The first-order valence-corrected chi connectivity index (χ1v) is 6.09. The van der Waals surface area contributed by atoms with Gasteiger partial charge in [-0.1, -0.05) is 60.7 Å². The molecule has 3 aromatic rings. The van der Waals surface area contributed by atoms with Gasteiger partial charge in [-0.15, -0.1) is 0 Å². The minimum atomic E-state index is 0.551. The summed E-state index contributed by atoms with van der Waals surface area (Å²) in [5.41, 5.74) is 3.49. The van der Waals surface area contributed by atoms with Gasteiger partial charge in [0.05, 0.1) is 1.37 Å². The zero-order chi connectivity index (χ0) is 13.1. The van der Waals surface area contributed by atoms with E-state index in [1.807, 2.05) is 48.7 Å². The van der Waals surface area contributed by atoms with Gasteiger partial charge in [0, 0.05) is 18.4 Å². The number of hydrogen-bond donors (Lipinski definition) is 0. The molecule has 0 aliphatic heterocycles. The van der Waals surface area contributed by atoms with Gasteiger partial charge < -0.3 is 4.57 Å². The summed E-state index contributed by atoms with van der Waals surface area (Å²) < 4.78 is 9.98. The van der Waals surface area contributed by atoms with Crippen molar-refractivity contribution < 1.29 is 1.37 Å². The molecule has 0 bridgehead atoms. The number of benzene rings is 2. The first kappa shape index (κ1) is 9.72. The Hall–Kier alpha value is -2.28. The minimum absolute atomic E-state index is 0.551. The lowest BCUT2D eigenvalue weighted by Gasteiger charge is -2.09. The van der Waals surface area contributed by atoms with Gasteiger partial charge >= 0.3 is 0 Å². The van der Waals surface area contributed by atoms with Crippen LogP contribution in [0.25, 0.3) is 11.3 Å². The normalized spacial score (nSPS) is 11.2. The van der Waals surface area contributed by atoms with Crippen molar-refractivity contribution in [3.63, 3.8) is 0 Å². The van der Waals surface area contributed by atoms with Crippen LogP contribution in [0.2, 0.25) is 0 Å². The van der Waals surface area contributed by atoms with Gasteiger partial charge in [0.1, 0.15) is 0 Å². The van der Waals surface area contributed by atoms with E-state index in [0.29, 0.717) is 6.04 Å². The molecule has 1 aromatic heterocycles. The molecule has 0 spiro atoms. The summed E-state index contributed by atoms with van der Waals surface area (Å²) in [7, 11) is 0. The smallest absolute Gasteiger partial charge is 0.0639 e. The molecule has 0 fully saturated rings. The third-order valence-corrected chi connectivity index (χ3v) is 3.03. The van der Waals surface area contributed by atoms with Crippen LogP contribution in [0.3, 0.4) is 0 Å². The Kier molecular flexibility index (Phi) is 2.66. The van der Waals surface area contributed by atoms with Crippen molar-refractivity contribution in [2.45, 2.75) is 6.54 Å². The van der Waals surface area contributed by atoms with Gasteiger partial charge in [-0.05, 0) is 23.2 Å². The Morgan fingerprint density at radius 1 is 0.833 bits per heavy atom. The topological polar surface area (TPSA) is 4.93 Å². The van der Waals surface area contributed by atoms with Crippen LogP contribution in [0.15, 0.2) is 79.0 Å². The second-order valence-corrected chi connectivity index (χ2v) is 4.30. The van der Waals surface area contributed by atoms with E-state index in [0.717, 1.165) is 17.8 Å². The molecule has 88 valence electrons. The molecule has 1 heteroatoms. The fraction of sp³-hybridized carbons (Fsp3) is 0.0588. The average Bonchev–Trinajstić information content (AvgIpc) is 2.82. The minimum Gasteiger partial charge on any atom is -0.343 e. The third kappa shape index (κ3) is 2.21. The van der Waals surface area contributed by atoms with E-state index in [2.05, 4.69) is 28.8 Å². The molecular formula is C17H15N. The van der Waals surface area contributed by atoms with Crippen molar-refractivity contribution in [2.75, 3.05) is 0 Å². The number of hydrogen-bond acceptors (Lipinski definition) is 0. The molecule has 0 saturated heterocycles. The summed E-state index contributed by atoms with van der Waals surface area (Å²) in [5, 5.41) is 0. The van der Waals surface area contributed by atoms with Crippen LogP contribution in [0.5, 0.6) is 0 Å². The van der Waals surface area contributed by atoms with Crippen LogP contribution in [0, 0.1) is 0 Å². The highest BCUT2D eigenvalue weighted by atomic mass is 15.0. The Bertz CT molecular complexity index is 656. The molecule has 0 amide bonds. The van der Waals surface area contributed by atoms with E-state index in [1.54, 1.807) is 0 Å². The lowest BCUT2D eigenvalue weighted by atomic mass is 10.1. The summed E-state index contributed by atoms with van der Waals surface area (Å²) in [6.45, 7) is 0.796. The highest BCUT2D eigenvalue weighted by Gasteiger charge is 2.03. The summed E-state index contributed by atoms with van der Waals surface area (Å²) in [4.78, 5) is 0. The summed E-state index contributed by atoms with van der Waals surface area (Å²) in [6, 6.07) is 23.0. The van der Waals surface area contributed by atoms with Crippen LogP contribution in [-0.4, -0.2) is 4.57 Å². The lowest BCUT2D eigenvalue weighted by molar-refractivity contribution is 0.814. The van der Waals surface area contributed by atoms with E-state index in [4.69, 9.17) is 1.37 Å². The molecule has 0 saturated carbocycles. The molecule has 0 atom stereocenters. The average molecular weight is 234 g/mol. The van der Waals surface area contributed by atoms with Crippen molar-refractivity contribution in [2.24, 2.45) is 0 Å². The zero-order valence-electron chi connectivity index (χ0n) is 11.1. The Labute approximate surface area is 109 Å². The quantitative estimate of drug-likeness (QED) is 0.640. The van der Waals surface area contributed by atoms with Crippen molar-refractivity contribution >= 4 is 0 Å². The fourth-order valence-electron chi connectivity index (χ4n) is 2.13. The van der Waals surface area contributed by atoms with Gasteiger partial charge in [0.15, 0.2) is 0 Å². The predicted molar refractivity (Wildman–Crippen MR) is 75.4 cm³/mol. The van der Waals surface area contributed by atoms with Gasteiger partial charge in [-0.3, -0.25) is 0 Å². The van der Waals surface area contributed by atoms with E-state index in [9.17, 15) is 0 Å². The maximum absolute atomic E-state index is 7.85. The summed E-state index contributed by atoms with van der Waals surface area (Å²) in [6.07, 6.45) is 1.88. The van der Waals surface area contributed by atoms with Crippen LogP contribution in [0.1, 0.15) is 6.93 Å². The molecule has 1 heterocycles. The monoisotopic (exact) mass is 234 g/mol. The largest absolute Gasteiger partial charge is 0.343 e. The summed E-state index contributed by atoms with van der Waals surface area (Å²) >= 11 is 0. The zero-order valence-corrected chi connectivity index (χ0v) is 10.1. The SMILES string of the molecule is [2H]c1cc(-c2ccccc2)n(Cc2ccccc2)c1. The number of rotatable bonds is 3. The molecule has 0 unspecified atom stereocenters.